The molecule has 0 radical (unpaired) electrons. The minimum atomic E-state index is -0.992. The summed E-state index contributed by atoms with van der Waals surface area (Å²) in [4.78, 5) is 10.0. The van der Waals surface area contributed by atoms with Gasteiger partial charge in [0.05, 0.1) is 23.6 Å². The molecule has 1 unspecified atom stereocenters. The van der Waals surface area contributed by atoms with Crippen LogP contribution >= 0.6 is 0 Å². The van der Waals surface area contributed by atoms with Gasteiger partial charge in [0.15, 0.2) is 5.82 Å². The number of nitrogens with one attached hydrogen (secondary N) is 1. The SMILES string of the molecule is COCC(Nc1c(F)cc(F)cc1[N+](=O)[O-])C(C)C. The highest BCUT2D eigenvalue weighted by Crippen LogP contribution is 2.30. The molecule has 1 aromatic carbocycles. The molecule has 7 heteroatoms. The first-order valence-electron chi connectivity index (χ1n) is 5.75. The van der Waals surface area contributed by atoms with Gasteiger partial charge in [-0.2, -0.15) is 0 Å². The minimum absolute atomic E-state index is 0.0593. The van der Waals surface area contributed by atoms with Crippen molar-refractivity contribution in [3.05, 3.63) is 33.9 Å². The number of anilines is 1. The fraction of sp³-hybridized carbons (Fsp3) is 0.500. The molecule has 0 saturated heterocycles. The number of nitro groups is 1. The van der Waals surface area contributed by atoms with E-state index in [0.717, 1.165) is 0 Å². The number of nitro benzene ring substituents is 1. The van der Waals surface area contributed by atoms with Crippen molar-refractivity contribution in [3.8, 4) is 0 Å². The van der Waals surface area contributed by atoms with Crippen molar-refractivity contribution in [1.29, 1.82) is 0 Å². The minimum Gasteiger partial charge on any atom is -0.383 e. The molecular weight excluding hydrogens is 258 g/mol. The number of rotatable bonds is 6. The van der Waals surface area contributed by atoms with Gasteiger partial charge in [0.1, 0.15) is 11.5 Å². The monoisotopic (exact) mass is 274 g/mol. The fourth-order valence-corrected chi connectivity index (χ4v) is 1.61. The Morgan fingerprint density at radius 1 is 1.42 bits per heavy atom. The van der Waals surface area contributed by atoms with Gasteiger partial charge in [0.2, 0.25) is 0 Å². The summed E-state index contributed by atoms with van der Waals surface area (Å²) >= 11 is 0. The van der Waals surface area contributed by atoms with E-state index < -0.39 is 22.2 Å². The van der Waals surface area contributed by atoms with Gasteiger partial charge in [-0.25, -0.2) is 8.78 Å². The summed E-state index contributed by atoms with van der Waals surface area (Å²) in [5.74, 6) is -1.92. The Hall–Kier alpha value is -1.76. The topological polar surface area (TPSA) is 64.4 Å². The van der Waals surface area contributed by atoms with Crippen LogP contribution in [0.5, 0.6) is 0 Å². The van der Waals surface area contributed by atoms with Crippen LogP contribution in [0.4, 0.5) is 20.2 Å². The van der Waals surface area contributed by atoms with Crippen LogP contribution in [0.3, 0.4) is 0 Å². The van der Waals surface area contributed by atoms with Crippen LogP contribution in [0.25, 0.3) is 0 Å². The Morgan fingerprint density at radius 3 is 2.53 bits per heavy atom. The lowest BCUT2D eigenvalue weighted by Crippen LogP contribution is -2.31. The lowest BCUT2D eigenvalue weighted by Gasteiger charge is -2.22. The number of hydrogen-bond donors (Lipinski definition) is 1. The maximum Gasteiger partial charge on any atom is 0.298 e. The molecule has 1 rings (SSSR count). The Labute approximate surface area is 109 Å². The summed E-state index contributed by atoms with van der Waals surface area (Å²) in [6, 6.07) is 0.985. The van der Waals surface area contributed by atoms with Crippen LogP contribution in [0.2, 0.25) is 0 Å². The third kappa shape index (κ3) is 3.85. The van der Waals surface area contributed by atoms with Gasteiger partial charge >= 0.3 is 0 Å². The average molecular weight is 274 g/mol. The number of hydrogen-bond acceptors (Lipinski definition) is 4. The van der Waals surface area contributed by atoms with Gasteiger partial charge in [0.25, 0.3) is 5.69 Å². The van der Waals surface area contributed by atoms with Gasteiger partial charge < -0.3 is 10.1 Å². The molecule has 0 aromatic heterocycles. The van der Waals surface area contributed by atoms with Crippen LogP contribution in [0.15, 0.2) is 12.1 Å². The van der Waals surface area contributed by atoms with Crippen molar-refractivity contribution in [2.45, 2.75) is 19.9 Å². The molecule has 106 valence electrons. The molecule has 0 aliphatic carbocycles. The first-order valence-corrected chi connectivity index (χ1v) is 5.75. The lowest BCUT2D eigenvalue weighted by atomic mass is 10.0. The molecule has 1 N–H and O–H groups in total. The molecular formula is C12H16F2N2O3. The van der Waals surface area contributed by atoms with Gasteiger partial charge in [-0.05, 0) is 5.92 Å². The number of ether oxygens (including phenoxy) is 1. The van der Waals surface area contributed by atoms with Crippen molar-refractivity contribution < 1.29 is 18.4 Å². The second kappa shape index (κ2) is 6.42. The molecule has 0 heterocycles. The number of benzene rings is 1. The molecule has 19 heavy (non-hydrogen) atoms. The van der Waals surface area contributed by atoms with Gasteiger partial charge in [-0.1, -0.05) is 13.8 Å². The van der Waals surface area contributed by atoms with Crippen molar-refractivity contribution in [2.75, 3.05) is 19.0 Å². The highest BCUT2D eigenvalue weighted by atomic mass is 19.1. The second-order valence-electron chi connectivity index (χ2n) is 4.49. The maximum atomic E-state index is 13.7. The largest absolute Gasteiger partial charge is 0.383 e. The highest BCUT2D eigenvalue weighted by Gasteiger charge is 2.24. The lowest BCUT2D eigenvalue weighted by molar-refractivity contribution is -0.384. The third-order valence-electron chi connectivity index (χ3n) is 2.71. The Balaban J connectivity index is 3.14. The highest BCUT2D eigenvalue weighted by molar-refractivity contribution is 5.63. The zero-order chi connectivity index (χ0) is 14.6. The molecule has 0 fully saturated rings. The maximum absolute atomic E-state index is 13.7. The molecule has 1 atom stereocenters. The van der Waals surface area contributed by atoms with Crippen molar-refractivity contribution in [1.82, 2.24) is 0 Å². The zero-order valence-corrected chi connectivity index (χ0v) is 10.9. The van der Waals surface area contributed by atoms with Crippen LogP contribution in [-0.4, -0.2) is 24.7 Å². The van der Waals surface area contributed by atoms with Crippen LogP contribution in [-0.2, 0) is 4.74 Å². The van der Waals surface area contributed by atoms with Crippen LogP contribution in [0.1, 0.15) is 13.8 Å². The first kappa shape index (κ1) is 15.3. The first-order chi connectivity index (χ1) is 8.86. The molecule has 0 amide bonds. The Bertz CT molecular complexity index is 467. The normalized spacial score (nSPS) is 12.5. The molecule has 0 aliphatic rings. The van der Waals surface area contributed by atoms with E-state index in [1.54, 1.807) is 0 Å². The number of nitrogens with zero attached hydrogens (tertiary/aromatic N) is 1. The summed E-state index contributed by atoms with van der Waals surface area (Å²) in [7, 11) is 1.48. The second-order valence-corrected chi connectivity index (χ2v) is 4.49. The van der Waals surface area contributed by atoms with Crippen molar-refractivity contribution >= 4 is 11.4 Å². The molecule has 0 spiro atoms. The molecule has 0 saturated carbocycles. The molecule has 0 bridgehead atoms. The van der Waals surface area contributed by atoms with E-state index in [0.29, 0.717) is 12.1 Å². The Morgan fingerprint density at radius 2 is 2.05 bits per heavy atom. The zero-order valence-electron chi connectivity index (χ0n) is 10.9. The van der Waals surface area contributed by atoms with E-state index in [2.05, 4.69) is 5.32 Å². The fourth-order valence-electron chi connectivity index (χ4n) is 1.61. The summed E-state index contributed by atoms with van der Waals surface area (Å²) in [6.07, 6.45) is 0. The van der Waals surface area contributed by atoms with E-state index in [9.17, 15) is 18.9 Å². The predicted molar refractivity (Wildman–Crippen MR) is 67.1 cm³/mol. The molecule has 5 nitrogen and oxygen atoms in total. The summed E-state index contributed by atoms with van der Waals surface area (Å²) in [5, 5.41) is 13.6. The third-order valence-corrected chi connectivity index (χ3v) is 2.71. The molecule has 1 aromatic rings. The predicted octanol–water partition coefficient (Wildman–Crippen LogP) is 2.96. The van der Waals surface area contributed by atoms with Gasteiger partial charge in [-0.3, -0.25) is 10.1 Å². The summed E-state index contributed by atoms with van der Waals surface area (Å²) in [5.41, 5.74) is -0.943. The van der Waals surface area contributed by atoms with Gasteiger partial charge in [-0.15, -0.1) is 0 Å². The summed E-state index contributed by atoms with van der Waals surface area (Å²) in [6.45, 7) is 3.99. The average Bonchev–Trinajstić information content (AvgIpc) is 2.30. The van der Waals surface area contributed by atoms with E-state index in [4.69, 9.17) is 4.74 Å². The number of methoxy groups -OCH3 is 1. The molecule has 0 aliphatic heterocycles. The quantitative estimate of drug-likeness (QED) is 0.640. The van der Waals surface area contributed by atoms with Crippen molar-refractivity contribution in [2.24, 2.45) is 5.92 Å². The van der Waals surface area contributed by atoms with E-state index in [1.165, 1.54) is 7.11 Å². The Kier molecular flexibility index (Phi) is 5.17. The summed E-state index contributed by atoms with van der Waals surface area (Å²) < 4.78 is 31.7. The van der Waals surface area contributed by atoms with Crippen LogP contribution < -0.4 is 5.32 Å². The number of halogens is 2. The van der Waals surface area contributed by atoms with E-state index in [-0.39, 0.29) is 24.3 Å². The van der Waals surface area contributed by atoms with Crippen molar-refractivity contribution in [3.63, 3.8) is 0 Å². The van der Waals surface area contributed by atoms with Gasteiger partial charge in [0, 0.05) is 13.2 Å². The smallest absolute Gasteiger partial charge is 0.298 e. The standard InChI is InChI=1S/C12H16F2N2O3/c1-7(2)10(6-19-3)15-12-9(14)4-8(13)5-11(12)16(17)18/h4-5,7,10,15H,6H2,1-3H3. The van der Waals surface area contributed by atoms with E-state index in [1.807, 2.05) is 13.8 Å². The van der Waals surface area contributed by atoms with E-state index >= 15 is 0 Å². The van der Waals surface area contributed by atoms with Crippen LogP contribution in [0, 0.1) is 27.7 Å².